The predicted octanol–water partition coefficient (Wildman–Crippen LogP) is 0.146. The van der Waals surface area contributed by atoms with Crippen LogP contribution < -0.4 is 10.9 Å². The lowest BCUT2D eigenvalue weighted by Crippen LogP contribution is -2.55. The normalized spacial score (nSPS) is 20.2. The third-order valence-electron chi connectivity index (χ3n) is 4.12. The van der Waals surface area contributed by atoms with Gasteiger partial charge >= 0.3 is 5.97 Å². The van der Waals surface area contributed by atoms with Crippen LogP contribution in [0.5, 0.6) is 0 Å². The van der Waals surface area contributed by atoms with E-state index in [1.54, 1.807) is 24.3 Å². The molecule has 1 fully saturated rings. The Bertz CT molecular complexity index is 839. The molecule has 1 unspecified atom stereocenters. The Hall–Kier alpha value is -2.74. The molecule has 8 nitrogen and oxygen atoms in total. The third-order valence-corrected chi connectivity index (χ3v) is 4.12. The molecule has 2 heterocycles. The van der Waals surface area contributed by atoms with Crippen molar-refractivity contribution in [1.29, 1.82) is 0 Å². The second-order valence-electron chi connectivity index (χ2n) is 5.75. The van der Waals surface area contributed by atoms with Crippen molar-refractivity contribution in [3.8, 4) is 0 Å². The minimum absolute atomic E-state index is 0.0189. The zero-order valence-corrected chi connectivity index (χ0v) is 12.9. The number of aryl methyl sites for hydroxylation is 1. The average Bonchev–Trinajstić information content (AvgIpc) is 3.04. The standard InChI is InChI=1S/C16H17N3O5/c20-13(18-16(15(22)23)6-8-24-9-16)5-7-19-10-17-12-4-2-1-3-11(12)14(19)21/h1-4,10H,5-9H2,(H,18,20)(H,22,23). The zero-order valence-electron chi connectivity index (χ0n) is 12.9. The highest BCUT2D eigenvalue weighted by molar-refractivity contribution is 5.87. The molecule has 24 heavy (non-hydrogen) atoms. The van der Waals surface area contributed by atoms with Crippen LogP contribution >= 0.6 is 0 Å². The van der Waals surface area contributed by atoms with Gasteiger partial charge < -0.3 is 15.2 Å². The summed E-state index contributed by atoms with van der Waals surface area (Å²) in [4.78, 5) is 40.0. The molecule has 2 N–H and O–H groups in total. The Balaban J connectivity index is 1.69. The number of aromatic nitrogens is 2. The Morgan fingerprint density at radius 3 is 2.88 bits per heavy atom. The van der Waals surface area contributed by atoms with Gasteiger partial charge in [-0.1, -0.05) is 12.1 Å². The average molecular weight is 331 g/mol. The molecule has 1 atom stereocenters. The van der Waals surface area contributed by atoms with Crippen molar-refractivity contribution in [2.75, 3.05) is 13.2 Å². The topological polar surface area (TPSA) is 111 Å². The fraction of sp³-hybridized carbons (Fsp3) is 0.375. The molecule has 0 spiro atoms. The summed E-state index contributed by atoms with van der Waals surface area (Å²) in [5, 5.41) is 12.3. The first-order valence-corrected chi connectivity index (χ1v) is 7.58. The van der Waals surface area contributed by atoms with E-state index in [4.69, 9.17) is 4.74 Å². The Morgan fingerprint density at radius 1 is 1.38 bits per heavy atom. The lowest BCUT2D eigenvalue weighted by molar-refractivity contribution is -0.147. The van der Waals surface area contributed by atoms with Crippen LogP contribution in [-0.2, 0) is 20.9 Å². The maximum atomic E-state index is 12.3. The van der Waals surface area contributed by atoms with E-state index in [0.29, 0.717) is 17.5 Å². The SMILES string of the molecule is O=C(CCn1cnc2ccccc2c1=O)NC1(C(=O)O)CCOC1. The van der Waals surface area contributed by atoms with Gasteiger partial charge in [0.2, 0.25) is 5.91 Å². The van der Waals surface area contributed by atoms with E-state index in [-0.39, 0.29) is 31.6 Å². The van der Waals surface area contributed by atoms with Crippen LogP contribution in [-0.4, -0.2) is 45.3 Å². The van der Waals surface area contributed by atoms with Gasteiger partial charge in [-0.25, -0.2) is 9.78 Å². The number of ether oxygens (including phenoxy) is 1. The maximum absolute atomic E-state index is 12.3. The second kappa shape index (κ2) is 6.40. The van der Waals surface area contributed by atoms with E-state index in [9.17, 15) is 19.5 Å². The number of fused-ring (bicyclic) bond motifs is 1. The summed E-state index contributed by atoms with van der Waals surface area (Å²) < 4.78 is 6.44. The van der Waals surface area contributed by atoms with Crippen molar-refractivity contribution in [3.05, 3.63) is 40.9 Å². The first-order valence-electron chi connectivity index (χ1n) is 7.58. The number of aliphatic carboxylic acids is 1. The Labute approximate surface area is 137 Å². The quantitative estimate of drug-likeness (QED) is 0.807. The first kappa shape index (κ1) is 16.1. The molecular weight excluding hydrogens is 314 g/mol. The summed E-state index contributed by atoms with van der Waals surface area (Å²) in [5.74, 6) is -1.55. The predicted molar refractivity (Wildman–Crippen MR) is 84.6 cm³/mol. The number of carbonyl (C=O) groups is 2. The molecular formula is C16H17N3O5. The van der Waals surface area contributed by atoms with E-state index >= 15 is 0 Å². The summed E-state index contributed by atoms with van der Waals surface area (Å²) in [5.41, 5.74) is -1.01. The number of rotatable bonds is 5. The fourth-order valence-corrected chi connectivity index (χ4v) is 2.70. The van der Waals surface area contributed by atoms with Gasteiger partial charge in [-0.15, -0.1) is 0 Å². The number of carboxylic acid groups (broad SMARTS) is 1. The fourth-order valence-electron chi connectivity index (χ4n) is 2.70. The molecule has 1 amide bonds. The number of carboxylic acids is 1. The molecule has 3 rings (SSSR count). The molecule has 1 saturated heterocycles. The van der Waals surface area contributed by atoms with Crippen LogP contribution in [0, 0.1) is 0 Å². The van der Waals surface area contributed by atoms with E-state index in [1.165, 1.54) is 10.9 Å². The number of amides is 1. The van der Waals surface area contributed by atoms with Gasteiger partial charge in [0.15, 0.2) is 5.54 Å². The monoisotopic (exact) mass is 331 g/mol. The van der Waals surface area contributed by atoms with Gasteiger partial charge in [-0.05, 0) is 12.1 Å². The molecule has 1 aromatic heterocycles. The smallest absolute Gasteiger partial charge is 0.331 e. The second-order valence-corrected chi connectivity index (χ2v) is 5.75. The van der Waals surface area contributed by atoms with Crippen LogP contribution in [0.25, 0.3) is 10.9 Å². The summed E-state index contributed by atoms with van der Waals surface area (Å²) in [6.07, 6.45) is 1.60. The maximum Gasteiger partial charge on any atom is 0.331 e. The molecule has 0 radical (unpaired) electrons. The molecule has 0 bridgehead atoms. The van der Waals surface area contributed by atoms with Gasteiger partial charge in [0.1, 0.15) is 0 Å². The highest BCUT2D eigenvalue weighted by Gasteiger charge is 2.43. The Kier molecular flexibility index (Phi) is 4.30. The molecule has 1 aliphatic heterocycles. The summed E-state index contributed by atoms with van der Waals surface area (Å²) in [7, 11) is 0. The minimum Gasteiger partial charge on any atom is -0.479 e. The molecule has 0 saturated carbocycles. The van der Waals surface area contributed by atoms with E-state index < -0.39 is 17.4 Å². The molecule has 2 aromatic rings. The summed E-state index contributed by atoms with van der Waals surface area (Å²) in [6, 6.07) is 6.96. The summed E-state index contributed by atoms with van der Waals surface area (Å²) in [6.45, 7) is 0.366. The van der Waals surface area contributed by atoms with Crippen molar-refractivity contribution in [1.82, 2.24) is 14.9 Å². The highest BCUT2D eigenvalue weighted by atomic mass is 16.5. The van der Waals surface area contributed by atoms with Crippen LogP contribution in [0.15, 0.2) is 35.4 Å². The van der Waals surface area contributed by atoms with Crippen molar-refractivity contribution in [3.63, 3.8) is 0 Å². The van der Waals surface area contributed by atoms with Crippen molar-refractivity contribution < 1.29 is 19.4 Å². The number of nitrogens with zero attached hydrogens (tertiary/aromatic N) is 2. The Morgan fingerprint density at radius 2 is 2.17 bits per heavy atom. The third kappa shape index (κ3) is 3.00. The number of benzene rings is 1. The zero-order chi connectivity index (χ0) is 17.2. The van der Waals surface area contributed by atoms with Gasteiger partial charge in [0.05, 0.1) is 23.8 Å². The molecule has 1 aliphatic rings. The summed E-state index contributed by atoms with van der Waals surface area (Å²) >= 11 is 0. The van der Waals surface area contributed by atoms with E-state index in [1.807, 2.05) is 0 Å². The number of hydrogen-bond acceptors (Lipinski definition) is 5. The van der Waals surface area contributed by atoms with Crippen molar-refractivity contribution in [2.45, 2.75) is 24.9 Å². The lowest BCUT2D eigenvalue weighted by atomic mass is 9.99. The van der Waals surface area contributed by atoms with Gasteiger partial charge in [0.25, 0.3) is 5.56 Å². The van der Waals surface area contributed by atoms with Crippen LogP contribution in [0.2, 0.25) is 0 Å². The number of nitrogens with one attached hydrogen (secondary N) is 1. The van der Waals surface area contributed by atoms with Gasteiger partial charge in [0, 0.05) is 26.0 Å². The van der Waals surface area contributed by atoms with Crippen molar-refractivity contribution >= 4 is 22.8 Å². The minimum atomic E-state index is -1.37. The molecule has 1 aromatic carbocycles. The van der Waals surface area contributed by atoms with E-state index in [2.05, 4.69) is 10.3 Å². The van der Waals surface area contributed by atoms with Crippen molar-refractivity contribution in [2.24, 2.45) is 0 Å². The lowest BCUT2D eigenvalue weighted by Gasteiger charge is -2.23. The number of hydrogen-bond donors (Lipinski definition) is 2. The van der Waals surface area contributed by atoms with Crippen LogP contribution in [0.3, 0.4) is 0 Å². The largest absolute Gasteiger partial charge is 0.479 e. The van der Waals surface area contributed by atoms with Gasteiger partial charge in [-0.3, -0.25) is 14.2 Å². The molecule has 126 valence electrons. The van der Waals surface area contributed by atoms with Crippen LogP contribution in [0.1, 0.15) is 12.8 Å². The molecule has 0 aliphatic carbocycles. The highest BCUT2D eigenvalue weighted by Crippen LogP contribution is 2.19. The first-order chi connectivity index (χ1) is 11.5. The molecule has 8 heteroatoms. The number of para-hydroxylation sites is 1. The van der Waals surface area contributed by atoms with Crippen LogP contribution in [0.4, 0.5) is 0 Å². The van der Waals surface area contributed by atoms with Gasteiger partial charge in [-0.2, -0.15) is 0 Å². The number of carbonyl (C=O) groups excluding carboxylic acids is 1. The van der Waals surface area contributed by atoms with E-state index in [0.717, 1.165) is 0 Å².